The number of aromatic nitrogens is 4. The second kappa shape index (κ2) is 5.87. The quantitative estimate of drug-likeness (QED) is 0.716. The zero-order chi connectivity index (χ0) is 15.5. The Labute approximate surface area is 121 Å². The van der Waals surface area contributed by atoms with Crippen molar-refractivity contribution in [2.75, 3.05) is 11.0 Å². The number of tetrazole rings is 1. The van der Waals surface area contributed by atoms with Crippen molar-refractivity contribution in [2.24, 2.45) is 0 Å². The van der Waals surface area contributed by atoms with Crippen LogP contribution < -0.4 is 10.0 Å². The van der Waals surface area contributed by atoms with E-state index < -0.39 is 16.1 Å². The molecule has 21 heavy (non-hydrogen) atoms. The Balaban J connectivity index is 2.03. The Hall–Kier alpha value is -2.49. The molecule has 0 spiro atoms. The molecule has 0 aliphatic rings. The molecule has 10 heteroatoms. The maximum atomic E-state index is 12.0. The Morgan fingerprint density at radius 2 is 1.95 bits per heavy atom. The van der Waals surface area contributed by atoms with Gasteiger partial charge >= 0.3 is 0 Å². The number of carbonyl (C=O) groups excluding carboxylic acids is 1. The molecular weight excluding hydrogens is 296 g/mol. The number of hydrogen-bond donors (Lipinski definition) is 3. The summed E-state index contributed by atoms with van der Waals surface area (Å²) in [7, 11) is -3.34. The molecule has 112 valence electrons. The van der Waals surface area contributed by atoms with Crippen LogP contribution in [0.15, 0.2) is 24.3 Å². The minimum Gasteiger partial charge on any atom is -0.342 e. The van der Waals surface area contributed by atoms with Crippen LogP contribution in [0.3, 0.4) is 0 Å². The highest BCUT2D eigenvalue weighted by Crippen LogP contribution is 2.12. The Kier molecular flexibility index (Phi) is 4.17. The lowest BCUT2D eigenvalue weighted by atomic mass is 10.2. The molecule has 2 aromatic rings. The van der Waals surface area contributed by atoms with Crippen molar-refractivity contribution in [3.05, 3.63) is 35.7 Å². The number of benzene rings is 1. The number of carbonyl (C=O) groups is 1. The number of aromatic amines is 1. The zero-order valence-electron chi connectivity index (χ0n) is 11.4. The fourth-order valence-electron chi connectivity index (χ4n) is 1.60. The SMILES string of the molecule is CC(NC(=O)c1ccc(NS(C)(=O)=O)cc1)c1nn[nH]n1. The van der Waals surface area contributed by atoms with E-state index in [0.717, 1.165) is 6.26 Å². The molecule has 9 nitrogen and oxygen atoms in total. The lowest BCUT2D eigenvalue weighted by Crippen LogP contribution is -2.27. The summed E-state index contributed by atoms with van der Waals surface area (Å²) >= 11 is 0. The number of sulfonamides is 1. The highest BCUT2D eigenvalue weighted by molar-refractivity contribution is 7.92. The van der Waals surface area contributed by atoms with Gasteiger partial charge in [-0.25, -0.2) is 8.42 Å². The predicted octanol–water partition coefficient (Wildman–Crippen LogP) is 0.0622. The monoisotopic (exact) mass is 310 g/mol. The summed E-state index contributed by atoms with van der Waals surface area (Å²) in [6.45, 7) is 1.72. The zero-order valence-corrected chi connectivity index (χ0v) is 12.2. The number of nitrogens with zero attached hydrogens (tertiary/aromatic N) is 3. The van der Waals surface area contributed by atoms with Crippen molar-refractivity contribution in [3.8, 4) is 0 Å². The standard InChI is InChI=1S/C11H14N6O3S/c1-7(10-13-16-17-14-10)12-11(18)8-3-5-9(6-4-8)15-21(2,19)20/h3-7,15H,1-2H3,(H,12,18)(H,13,14,16,17). The Morgan fingerprint density at radius 3 is 2.48 bits per heavy atom. The number of amides is 1. The van der Waals surface area contributed by atoms with Crippen LogP contribution >= 0.6 is 0 Å². The molecule has 0 saturated carbocycles. The van der Waals surface area contributed by atoms with Gasteiger partial charge in [-0.3, -0.25) is 9.52 Å². The van der Waals surface area contributed by atoms with E-state index in [4.69, 9.17) is 0 Å². The molecule has 0 fully saturated rings. The smallest absolute Gasteiger partial charge is 0.251 e. The average Bonchev–Trinajstić information content (AvgIpc) is 2.91. The van der Waals surface area contributed by atoms with E-state index >= 15 is 0 Å². The number of rotatable bonds is 5. The van der Waals surface area contributed by atoms with E-state index in [2.05, 4.69) is 30.7 Å². The molecule has 0 bridgehead atoms. The third-order valence-corrected chi connectivity index (χ3v) is 3.15. The Morgan fingerprint density at radius 1 is 1.29 bits per heavy atom. The molecular formula is C11H14N6O3S. The van der Waals surface area contributed by atoms with E-state index in [1.54, 1.807) is 6.92 Å². The van der Waals surface area contributed by atoms with Gasteiger partial charge in [-0.1, -0.05) is 5.21 Å². The Bertz CT molecular complexity index is 711. The van der Waals surface area contributed by atoms with Gasteiger partial charge in [0.2, 0.25) is 10.0 Å². The molecule has 0 radical (unpaired) electrons. The van der Waals surface area contributed by atoms with E-state index in [9.17, 15) is 13.2 Å². The summed E-state index contributed by atoms with van der Waals surface area (Å²) in [5.74, 6) is 0.0527. The number of anilines is 1. The van der Waals surface area contributed by atoms with Crippen molar-refractivity contribution in [1.29, 1.82) is 0 Å². The lowest BCUT2D eigenvalue weighted by Gasteiger charge is -2.10. The fraction of sp³-hybridized carbons (Fsp3) is 0.273. The summed E-state index contributed by atoms with van der Waals surface area (Å²) in [5.41, 5.74) is 0.782. The van der Waals surface area contributed by atoms with Crippen molar-refractivity contribution in [1.82, 2.24) is 25.9 Å². The molecule has 1 heterocycles. The molecule has 2 rings (SSSR count). The van der Waals surface area contributed by atoms with Crippen molar-refractivity contribution in [2.45, 2.75) is 13.0 Å². The molecule has 3 N–H and O–H groups in total. The van der Waals surface area contributed by atoms with Crippen LogP contribution in [0.4, 0.5) is 5.69 Å². The van der Waals surface area contributed by atoms with Crippen LogP contribution in [0.25, 0.3) is 0 Å². The van der Waals surface area contributed by atoms with Gasteiger partial charge in [0.05, 0.1) is 12.3 Å². The maximum absolute atomic E-state index is 12.0. The van der Waals surface area contributed by atoms with Gasteiger partial charge in [0.15, 0.2) is 5.82 Å². The van der Waals surface area contributed by atoms with Gasteiger partial charge in [0, 0.05) is 11.3 Å². The van der Waals surface area contributed by atoms with Crippen LogP contribution in [0.5, 0.6) is 0 Å². The molecule has 1 aromatic carbocycles. The molecule has 1 atom stereocenters. The maximum Gasteiger partial charge on any atom is 0.251 e. The third-order valence-electron chi connectivity index (χ3n) is 2.55. The molecule has 0 saturated heterocycles. The van der Waals surface area contributed by atoms with Crippen molar-refractivity contribution >= 4 is 21.6 Å². The first kappa shape index (κ1) is 14.9. The van der Waals surface area contributed by atoms with E-state index in [1.165, 1.54) is 24.3 Å². The number of nitrogens with one attached hydrogen (secondary N) is 3. The van der Waals surface area contributed by atoms with Gasteiger partial charge in [0.25, 0.3) is 5.91 Å². The summed E-state index contributed by atoms with van der Waals surface area (Å²) in [4.78, 5) is 12.0. The van der Waals surface area contributed by atoms with Crippen molar-refractivity contribution < 1.29 is 13.2 Å². The first-order valence-electron chi connectivity index (χ1n) is 5.97. The van der Waals surface area contributed by atoms with Gasteiger partial charge in [-0.2, -0.15) is 5.21 Å². The molecule has 1 aromatic heterocycles. The van der Waals surface area contributed by atoms with Crippen LogP contribution in [-0.4, -0.2) is 41.2 Å². The average molecular weight is 310 g/mol. The topological polar surface area (TPSA) is 130 Å². The highest BCUT2D eigenvalue weighted by Gasteiger charge is 2.14. The lowest BCUT2D eigenvalue weighted by molar-refractivity contribution is 0.0938. The summed E-state index contributed by atoms with van der Waals surface area (Å²) in [6, 6.07) is 5.66. The van der Waals surface area contributed by atoms with Gasteiger partial charge < -0.3 is 5.32 Å². The minimum atomic E-state index is -3.34. The molecule has 1 amide bonds. The number of H-pyrrole nitrogens is 1. The van der Waals surface area contributed by atoms with Crippen molar-refractivity contribution in [3.63, 3.8) is 0 Å². The second-order valence-corrected chi connectivity index (χ2v) is 6.17. The summed E-state index contributed by atoms with van der Waals surface area (Å²) < 4.78 is 24.5. The number of hydrogen-bond acceptors (Lipinski definition) is 6. The molecule has 1 unspecified atom stereocenters. The van der Waals surface area contributed by atoms with E-state index in [-0.39, 0.29) is 5.91 Å². The fourth-order valence-corrected chi connectivity index (χ4v) is 2.17. The normalized spacial score (nSPS) is 12.7. The summed E-state index contributed by atoms with van der Waals surface area (Å²) in [5, 5.41) is 16.0. The third kappa shape index (κ3) is 4.24. The largest absolute Gasteiger partial charge is 0.342 e. The van der Waals surface area contributed by atoms with Crippen LogP contribution in [-0.2, 0) is 10.0 Å². The first-order valence-corrected chi connectivity index (χ1v) is 7.86. The van der Waals surface area contributed by atoms with E-state index in [1.807, 2.05) is 0 Å². The first-order chi connectivity index (χ1) is 9.85. The van der Waals surface area contributed by atoms with Gasteiger partial charge in [-0.05, 0) is 31.2 Å². The van der Waals surface area contributed by atoms with Gasteiger partial charge in [-0.15, -0.1) is 10.2 Å². The van der Waals surface area contributed by atoms with E-state index in [0.29, 0.717) is 17.1 Å². The molecule has 0 aliphatic heterocycles. The van der Waals surface area contributed by atoms with Crippen LogP contribution in [0, 0.1) is 0 Å². The molecule has 0 aliphatic carbocycles. The summed E-state index contributed by atoms with van der Waals surface area (Å²) in [6.07, 6.45) is 1.06. The predicted molar refractivity (Wildman–Crippen MR) is 75.0 cm³/mol. The van der Waals surface area contributed by atoms with Crippen LogP contribution in [0.2, 0.25) is 0 Å². The van der Waals surface area contributed by atoms with Crippen LogP contribution in [0.1, 0.15) is 29.1 Å². The second-order valence-electron chi connectivity index (χ2n) is 4.42. The highest BCUT2D eigenvalue weighted by atomic mass is 32.2. The minimum absolute atomic E-state index is 0.321. The van der Waals surface area contributed by atoms with Gasteiger partial charge in [0.1, 0.15) is 0 Å².